The number of hydrogen-bond acceptors (Lipinski definition) is 6. The molecule has 3 aromatic rings. The number of rotatable bonds is 5. The highest BCUT2D eigenvalue weighted by Gasteiger charge is 2.20. The van der Waals surface area contributed by atoms with Crippen LogP contribution in [0.1, 0.15) is 37.6 Å². The minimum atomic E-state index is -0.125. The van der Waals surface area contributed by atoms with E-state index in [9.17, 15) is 4.79 Å². The average Bonchev–Trinajstić information content (AvgIpc) is 3.01. The summed E-state index contributed by atoms with van der Waals surface area (Å²) in [5.41, 5.74) is 1.85. The zero-order chi connectivity index (χ0) is 16.4. The molecule has 0 saturated heterocycles. The van der Waals surface area contributed by atoms with Crippen molar-refractivity contribution in [2.75, 3.05) is 11.9 Å². The van der Waals surface area contributed by atoms with Gasteiger partial charge in [0.15, 0.2) is 0 Å². The highest BCUT2D eigenvalue weighted by molar-refractivity contribution is 7.20. The zero-order valence-electron chi connectivity index (χ0n) is 13.4. The molecule has 0 saturated carbocycles. The van der Waals surface area contributed by atoms with Gasteiger partial charge in [-0.2, -0.15) is 4.52 Å². The molecular weight excluding hydrogens is 310 g/mol. The maximum absolute atomic E-state index is 12.1. The Balaban J connectivity index is 2.01. The molecule has 0 amide bonds. The van der Waals surface area contributed by atoms with Crippen LogP contribution in [-0.2, 0) is 6.42 Å². The van der Waals surface area contributed by atoms with E-state index in [0.717, 1.165) is 23.7 Å². The fourth-order valence-corrected chi connectivity index (χ4v) is 3.56. The average molecular weight is 329 g/mol. The summed E-state index contributed by atoms with van der Waals surface area (Å²) in [5.74, 6) is 0. The van der Waals surface area contributed by atoms with Gasteiger partial charge >= 0.3 is 0 Å². The van der Waals surface area contributed by atoms with Gasteiger partial charge in [-0.25, -0.2) is 4.98 Å². The Morgan fingerprint density at radius 3 is 2.70 bits per heavy atom. The fourth-order valence-electron chi connectivity index (χ4n) is 2.62. The summed E-state index contributed by atoms with van der Waals surface area (Å²) in [5, 5.41) is 5.24. The van der Waals surface area contributed by atoms with Crippen molar-refractivity contribution in [2.24, 2.45) is 0 Å². The first-order valence-electron chi connectivity index (χ1n) is 7.66. The minimum Gasteiger partial charge on any atom is -0.343 e. The predicted octanol–water partition coefficient (Wildman–Crippen LogP) is 2.70. The van der Waals surface area contributed by atoms with Gasteiger partial charge < -0.3 is 4.90 Å². The van der Waals surface area contributed by atoms with Crippen LogP contribution in [0.2, 0.25) is 0 Å². The lowest BCUT2D eigenvalue weighted by atomic mass is 10.1. The van der Waals surface area contributed by atoms with E-state index in [1.165, 1.54) is 21.4 Å². The Kier molecular flexibility index (Phi) is 4.38. The quantitative estimate of drug-likeness (QED) is 0.720. The highest BCUT2D eigenvalue weighted by Crippen LogP contribution is 2.30. The van der Waals surface area contributed by atoms with Crippen molar-refractivity contribution in [1.29, 1.82) is 0 Å². The van der Waals surface area contributed by atoms with Crippen LogP contribution in [0.4, 0.5) is 5.13 Å². The van der Waals surface area contributed by atoms with Crippen molar-refractivity contribution in [1.82, 2.24) is 19.6 Å². The number of nitrogens with zero attached hydrogens (tertiary/aromatic N) is 5. The molecule has 0 aromatic carbocycles. The molecular formula is C16H19N5OS. The van der Waals surface area contributed by atoms with Gasteiger partial charge in [-0.1, -0.05) is 25.2 Å². The summed E-state index contributed by atoms with van der Waals surface area (Å²) in [6, 6.07) is 5.76. The number of pyridine rings is 1. The predicted molar refractivity (Wildman–Crippen MR) is 92.2 cm³/mol. The van der Waals surface area contributed by atoms with E-state index < -0.39 is 0 Å². The molecule has 0 spiro atoms. The second-order valence-electron chi connectivity index (χ2n) is 5.33. The number of aromatic nitrogens is 4. The number of aryl methyl sites for hydroxylation is 1. The third-order valence-electron chi connectivity index (χ3n) is 3.90. The molecule has 6 nitrogen and oxygen atoms in total. The normalized spacial score (nSPS) is 12.5. The van der Waals surface area contributed by atoms with E-state index in [4.69, 9.17) is 0 Å². The molecule has 0 unspecified atom stereocenters. The first-order chi connectivity index (χ1) is 11.1. The van der Waals surface area contributed by atoms with Crippen molar-refractivity contribution >= 4 is 21.4 Å². The van der Waals surface area contributed by atoms with Gasteiger partial charge in [0, 0.05) is 31.2 Å². The fraction of sp³-hybridized carbons (Fsp3) is 0.375. The third kappa shape index (κ3) is 2.96. The van der Waals surface area contributed by atoms with Crippen LogP contribution in [0.15, 0.2) is 35.4 Å². The van der Waals surface area contributed by atoms with Gasteiger partial charge in [-0.3, -0.25) is 9.78 Å². The summed E-state index contributed by atoms with van der Waals surface area (Å²) in [7, 11) is 2.00. The molecule has 0 bridgehead atoms. The third-order valence-corrected chi connectivity index (χ3v) is 4.90. The molecule has 0 aliphatic heterocycles. The Hall–Kier alpha value is -2.28. The number of anilines is 1. The summed E-state index contributed by atoms with van der Waals surface area (Å²) in [6.07, 6.45) is 5.26. The van der Waals surface area contributed by atoms with E-state index in [0.29, 0.717) is 4.96 Å². The first-order valence-corrected chi connectivity index (χ1v) is 8.48. The summed E-state index contributed by atoms with van der Waals surface area (Å²) < 4.78 is 1.38. The van der Waals surface area contributed by atoms with Crippen molar-refractivity contribution in [2.45, 2.75) is 32.7 Å². The highest BCUT2D eigenvalue weighted by atomic mass is 32.1. The van der Waals surface area contributed by atoms with Gasteiger partial charge in [0.1, 0.15) is 0 Å². The monoisotopic (exact) mass is 329 g/mol. The molecule has 0 N–H and O–H groups in total. The SMILES string of the molecule is CCc1cc(=O)n2nc(N(C)[C@H](CC)c3ccncc3)sc2n1. The van der Waals surface area contributed by atoms with Crippen LogP contribution in [-0.4, -0.2) is 26.6 Å². The summed E-state index contributed by atoms with van der Waals surface area (Å²) >= 11 is 1.44. The topological polar surface area (TPSA) is 63.4 Å². The first kappa shape index (κ1) is 15.6. The van der Waals surface area contributed by atoms with Crippen molar-refractivity contribution in [3.05, 3.63) is 52.2 Å². The van der Waals surface area contributed by atoms with Crippen LogP contribution >= 0.6 is 11.3 Å². The molecule has 7 heteroatoms. The minimum absolute atomic E-state index is 0.125. The molecule has 3 heterocycles. The Morgan fingerprint density at radius 2 is 2.04 bits per heavy atom. The maximum Gasteiger partial charge on any atom is 0.275 e. The standard InChI is InChI=1S/C16H19N5OS/c1-4-12-10-14(22)21-15(18-12)23-16(19-21)20(3)13(5-2)11-6-8-17-9-7-11/h6-10,13H,4-5H2,1-3H3/t13-/m1/s1. The summed E-state index contributed by atoms with van der Waals surface area (Å²) in [4.78, 5) is 23.5. The molecule has 0 aliphatic carbocycles. The molecule has 0 aliphatic rings. The zero-order valence-corrected chi connectivity index (χ0v) is 14.2. The van der Waals surface area contributed by atoms with Crippen molar-refractivity contribution in [3.8, 4) is 0 Å². The lowest BCUT2D eigenvalue weighted by molar-refractivity contribution is 0.640. The van der Waals surface area contributed by atoms with Crippen molar-refractivity contribution in [3.63, 3.8) is 0 Å². The van der Waals surface area contributed by atoms with E-state index in [-0.39, 0.29) is 11.6 Å². The van der Waals surface area contributed by atoms with Crippen LogP contribution in [0.3, 0.4) is 0 Å². The molecule has 3 aromatic heterocycles. The van der Waals surface area contributed by atoms with Gasteiger partial charge in [0.2, 0.25) is 10.1 Å². The van der Waals surface area contributed by atoms with E-state index in [1.807, 2.05) is 26.1 Å². The van der Waals surface area contributed by atoms with Crippen LogP contribution < -0.4 is 10.5 Å². The van der Waals surface area contributed by atoms with Crippen molar-refractivity contribution < 1.29 is 0 Å². The van der Waals surface area contributed by atoms with Crippen LogP contribution in [0, 0.1) is 0 Å². The van der Waals surface area contributed by atoms with Crippen LogP contribution in [0.5, 0.6) is 0 Å². The van der Waals surface area contributed by atoms with Gasteiger partial charge in [0.25, 0.3) is 5.56 Å². The molecule has 0 radical (unpaired) electrons. The summed E-state index contributed by atoms with van der Waals surface area (Å²) in [6.45, 7) is 4.12. The molecule has 23 heavy (non-hydrogen) atoms. The van der Waals surface area contributed by atoms with Gasteiger partial charge in [0.05, 0.1) is 6.04 Å². The molecule has 1 atom stereocenters. The van der Waals surface area contributed by atoms with E-state index in [2.05, 4.69) is 26.9 Å². The number of hydrogen-bond donors (Lipinski definition) is 0. The largest absolute Gasteiger partial charge is 0.343 e. The maximum atomic E-state index is 12.1. The molecule has 0 fully saturated rings. The van der Waals surface area contributed by atoms with Crippen LogP contribution in [0.25, 0.3) is 4.96 Å². The Bertz CT molecular complexity index is 858. The van der Waals surface area contributed by atoms with E-state index in [1.54, 1.807) is 18.5 Å². The Labute approximate surface area is 138 Å². The van der Waals surface area contributed by atoms with Gasteiger partial charge in [-0.05, 0) is 30.5 Å². The molecule has 120 valence electrons. The van der Waals surface area contributed by atoms with Gasteiger partial charge in [-0.15, -0.1) is 5.10 Å². The number of fused-ring (bicyclic) bond motifs is 1. The van der Waals surface area contributed by atoms with E-state index >= 15 is 0 Å². The lowest BCUT2D eigenvalue weighted by Crippen LogP contribution is -2.24. The second-order valence-corrected chi connectivity index (χ2v) is 6.27. The molecule has 3 rings (SSSR count). The Morgan fingerprint density at radius 1 is 1.30 bits per heavy atom. The smallest absolute Gasteiger partial charge is 0.275 e. The lowest BCUT2D eigenvalue weighted by Gasteiger charge is -2.26. The second kappa shape index (κ2) is 6.45.